The lowest BCUT2D eigenvalue weighted by molar-refractivity contribution is 0.394. The van der Waals surface area contributed by atoms with Crippen LogP contribution in [0, 0.1) is 12.8 Å². The van der Waals surface area contributed by atoms with Gasteiger partial charge in [0.15, 0.2) is 5.65 Å². The summed E-state index contributed by atoms with van der Waals surface area (Å²) in [5.41, 5.74) is 3.97. The summed E-state index contributed by atoms with van der Waals surface area (Å²) in [5, 5.41) is 0.545. The number of benzene rings is 1. The molecule has 1 atom stereocenters. The molecule has 4 aromatic rings. The van der Waals surface area contributed by atoms with Gasteiger partial charge in [0.2, 0.25) is 5.89 Å². The summed E-state index contributed by atoms with van der Waals surface area (Å²) in [6.07, 6.45) is 4.54. The largest absolute Gasteiger partial charge is 0.497 e. The number of nitrogens with zero attached hydrogens (tertiary/aromatic N) is 4. The molecule has 3 aromatic heterocycles. The van der Waals surface area contributed by atoms with Crippen LogP contribution in [0.15, 0.2) is 39.8 Å². The molecule has 0 radical (unpaired) electrons. The van der Waals surface area contributed by atoms with Gasteiger partial charge in [-0.15, -0.1) is 0 Å². The minimum atomic E-state index is -0.125. The fourth-order valence-corrected chi connectivity index (χ4v) is 4.36. The van der Waals surface area contributed by atoms with Crippen LogP contribution in [0.25, 0.3) is 22.5 Å². The molecule has 33 heavy (non-hydrogen) atoms. The first-order chi connectivity index (χ1) is 16.0. The van der Waals surface area contributed by atoms with E-state index in [1.165, 1.54) is 6.33 Å². The Hall–Kier alpha value is -3.68. The first-order valence-corrected chi connectivity index (χ1v) is 11.0. The Bertz CT molecular complexity index is 1410. The molecule has 0 bridgehead atoms. The van der Waals surface area contributed by atoms with Gasteiger partial charge in [0.05, 0.1) is 31.7 Å². The molecule has 8 heteroatoms. The molecule has 0 saturated heterocycles. The molecule has 1 aliphatic rings. The quantitative estimate of drug-likeness (QED) is 0.458. The van der Waals surface area contributed by atoms with E-state index in [0.29, 0.717) is 51.4 Å². The van der Waals surface area contributed by atoms with Gasteiger partial charge < -0.3 is 13.9 Å². The summed E-state index contributed by atoms with van der Waals surface area (Å²) < 4.78 is 18.2. The topological polar surface area (TPSA) is 92.3 Å². The van der Waals surface area contributed by atoms with Crippen molar-refractivity contribution in [3.05, 3.63) is 63.7 Å². The summed E-state index contributed by atoms with van der Waals surface area (Å²) in [6.45, 7) is 4.32. The zero-order valence-corrected chi connectivity index (χ0v) is 19.2. The third-order valence-corrected chi connectivity index (χ3v) is 6.28. The van der Waals surface area contributed by atoms with Crippen molar-refractivity contribution in [3.8, 4) is 23.0 Å². The second kappa shape index (κ2) is 8.35. The van der Waals surface area contributed by atoms with E-state index >= 15 is 0 Å². The molecule has 1 aromatic carbocycles. The average Bonchev–Trinajstić information content (AvgIpc) is 3.19. The van der Waals surface area contributed by atoms with Crippen molar-refractivity contribution >= 4 is 11.0 Å². The van der Waals surface area contributed by atoms with Gasteiger partial charge in [-0.2, -0.15) is 0 Å². The van der Waals surface area contributed by atoms with Crippen LogP contribution in [0.3, 0.4) is 0 Å². The molecule has 0 fully saturated rings. The number of hydrogen-bond donors (Lipinski definition) is 0. The molecule has 0 spiro atoms. The number of aryl methyl sites for hydroxylation is 2. The fourth-order valence-electron chi connectivity index (χ4n) is 4.36. The Balaban J connectivity index is 1.50. The Morgan fingerprint density at radius 3 is 2.82 bits per heavy atom. The number of methoxy groups -OCH3 is 2. The predicted molar refractivity (Wildman–Crippen MR) is 124 cm³/mol. The Morgan fingerprint density at radius 1 is 1.18 bits per heavy atom. The van der Waals surface area contributed by atoms with E-state index in [-0.39, 0.29) is 12.1 Å². The molecule has 1 aliphatic carbocycles. The lowest BCUT2D eigenvalue weighted by Gasteiger charge is -2.20. The van der Waals surface area contributed by atoms with Gasteiger partial charge in [-0.3, -0.25) is 9.36 Å². The summed E-state index contributed by atoms with van der Waals surface area (Å²) in [7, 11) is 3.19. The van der Waals surface area contributed by atoms with Crippen molar-refractivity contribution in [1.29, 1.82) is 0 Å². The number of aromatic nitrogens is 4. The van der Waals surface area contributed by atoms with Gasteiger partial charge in [0.1, 0.15) is 29.3 Å². The van der Waals surface area contributed by atoms with E-state index < -0.39 is 0 Å². The lowest BCUT2D eigenvalue weighted by Crippen LogP contribution is -2.23. The van der Waals surface area contributed by atoms with Crippen LogP contribution in [-0.2, 0) is 19.4 Å². The maximum Gasteiger partial charge on any atom is 0.263 e. The van der Waals surface area contributed by atoms with Crippen molar-refractivity contribution in [3.63, 3.8) is 0 Å². The van der Waals surface area contributed by atoms with Crippen molar-refractivity contribution in [2.45, 2.75) is 39.7 Å². The lowest BCUT2D eigenvalue weighted by atomic mass is 9.87. The van der Waals surface area contributed by atoms with Crippen LogP contribution in [0.2, 0.25) is 0 Å². The Kier molecular flexibility index (Phi) is 5.36. The minimum absolute atomic E-state index is 0.125. The molecule has 1 unspecified atom stereocenters. The second-order valence-corrected chi connectivity index (χ2v) is 8.58. The van der Waals surface area contributed by atoms with Gasteiger partial charge in [0, 0.05) is 11.8 Å². The highest BCUT2D eigenvalue weighted by Crippen LogP contribution is 2.34. The minimum Gasteiger partial charge on any atom is -0.497 e. The average molecular weight is 447 g/mol. The molecular weight excluding hydrogens is 420 g/mol. The van der Waals surface area contributed by atoms with Crippen molar-refractivity contribution in [1.82, 2.24) is 19.5 Å². The third kappa shape index (κ3) is 3.86. The SMILES string of the molecule is COc1ccc(-c2nc(Cn3cnc4nc5c(cc4c3=O)CC(C)CC5)c(C)o2)c(OC)c1. The fraction of sp³-hybridized carbons (Fsp3) is 0.360. The number of oxazole rings is 1. The molecule has 0 amide bonds. The summed E-state index contributed by atoms with van der Waals surface area (Å²) in [6, 6.07) is 7.42. The number of pyridine rings is 1. The second-order valence-electron chi connectivity index (χ2n) is 8.58. The van der Waals surface area contributed by atoms with E-state index in [0.717, 1.165) is 30.5 Å². The van der Waals surface area contributed by atoms with Crippen molar-refractivity contribution in [2.75, 3.05) is 14.2 Å². The molecule has 0 aliphatic heterocycles. The summed E-state index contributed by atoms with van der Waals surface area (Å²) >= 11 is 0. The van der Waals surface area contributed by atoms with Crippen molar-refractivity contribution in [2.24, 2.45) is 5.92 Å². The maximum atomic E-state index is 13.2. The van der Waals surface area contributed by atoms with Crippen LogP contribution in [-0.4, -0.2) is 33.7 Å². The normalized spacial score (nSPS) is 15.5. The highest BCUT2D eigenvalue weighted by Gasteiger charge is 2.20. The summed E-state index contributed by atoms with van der Waals surface area (Å²) in [4.78, 5) is 27.0. The molecule has 170 valence electrons. The van der Waals surface area contributed by atoms with E-state index in [1.54, 1.807) is 24.9 Å². The van der Waals surface area contributed by atoms with Crippen LogP contribution in [0.1, 0.15) is 36.1 Å². The first-order valence-electron chi connectivity index (χ1n) is 11.0. The van der Waals surface area contributed by atoms with Crippen molar-refractivity contribution < 1.29 is 13.9 Å². The highest BCUT2D eigenvalue weighted by molar-refractivity contribution is 5.74. The van der Waals surface area contributed by atoms with Crippen LogP contribution in [0.5, 0.6) is 11.5 Å². The van der Waals surface area contributed by atoms with Gasteiger partial charge >= 0.3 is 0 Å². The predicted octanol–water partition coefficient (Wildman–Crippen LogP) is 3.95. The Labute approximate surface area is 191 Å². The van der Waals surface area contributed by atoms with Gasteiger partial charge in [0.25, 0.3) is 5.56 Å². The molecular formula is C25H26N4O4. The van der Waals surface area contributed by atoms with E-state index in [2.05, 4.69) is 21.9 Å². The van der Waals surface area contributed by atoms with Gasteiger partial charge in [-0.25, -0.2) is 15.0 Å². The van der Waals surface area contributed by atoms with Gasteiger partial charge in [-0.1, -0.05) is 6.92 Å². The third-order valence-electron chi connectivity index (χ3n) is 6.28. The van der Waals surface area contributed by atoms with E-state index in [1.807, 2.05) is 25.1 Å². The molecule has 5 rings (SSSR count). The molecule has 8 nitrogen and oxygen atoms in total. The summed E-state index contributed by atoms with van der Waals surface area (Å²) in [5.74, 6) is 2.93. The smallest absolute Gasteiger partial charge is 0.263 e. The number of ether oxygens (including phenoxy) is 2. The zero-order valence-electron chi connectivity index (χ0n) is 19.2. The van der Waals surface area contributed by atoms with E-state index in [9.17, 15) is 4.79 Å². The number of rotatable bonds is 5. The molecule has 3 heterocycles. The maximum absolute atomic E-state index is 13.2. The van der Waals surface area contributed by atoms with Crippen LogP contribution < -0.4 is 15.0 Å². The molecule has 0 N–H and O–H groups in total. The molecule has 0 saturated carbocycles. The standard InChI is InChI=1S/C25H26N4O4/c1-14-5-8-20-16(9-14)10-19-23(27-20)26-13-29(25(19)30)12-21-15(2)33-24(28-21)18-7-6-17(31-3)11-22(18)32-4/h6-7,10-11,13-14H,5,8-9,12H2,1-4H3. The van der Waals surface area contributed by atoms with E-state index in [4.69, 9.17) is 13.9 Å². The number of fused-ring (bicyclic) bond motifs is 2. The zero-order chi connectivity index (χ0) is 23.1. The van der Waals surface area contributed by atoms with Crippen LogP contribution in [0.4, 0.5) is 0 Å². The van der Waals surface area contributed by atoms with Crippen LogP contribution >= 0.6 is 0 Å². The Morgan fingerprint density at radius 2 is 2.03 bits per heavy atom. The highest BCUT2D eigenvalue weighted by atomic mass is 16.5. The number of hydrogen-bond acceptors (Lipinski definition) is 7. The monoisotopic (exact) mass is 446 g/mol. The van der Waals surface area contributed by atoms with Gasteiger partial charge in [-0.05, 0) is 55.9 Å². The first kappa shape index (κ1) is 21.2.